The Hall–Kier alpha value is 2.23. The van der Waals surface area contributed by atoms with Gasteiger partial charge in [-0.25, -0.2) is 0 Å². The molecular weight excluding hydrogens is 172 g/mol. The van der Waals surface area contributed by atoms with Gasteiger partial charge in [-0.15, -0.1) is 0 Å². The van der Waals surface area contributed by atoms with Crippen LogP contribution in [0.2, 0.25) is 0 Å². The fraction of sp³-hybridized carbons (Fsp3) is 0. The van der Waals surface area contributed by atoms with Crippen molar-refractivity contribution in [3.05, 3.63) is 0 Å². The van der Waals surface area contributed by atoms with Gasteiger partial charge < -0.3 is 0 Å². The van der Waals surface area contributed by atoms with Gasteiger partial charge in [-0.05, 0) is 0 Å². The number of hydrogen-bond acceptors (Lipinski definition) is 0. The molecule has 0 aromatic rings. The molecule has 0 bridgehead atoms. The average Bonchev–Trinajstić information content (AvgIpc) is 1.37. The van der Waals surface area contributed by atoms with Crippen LogP contribution in [0.1, 0.15) is 0 Å². The molecule has 0 rings (SSSR count). The van der Waals surface area contributed by atoms with Gasteiger partial charge in [-0.1, -0.05) is 0 Å². The molecule has 4 heavy (non-hydrogen) atoms. The molecule has 0 aliphatic rings. The van der Waals surface area contributed by atoms with Crippen LogP contribution in [0.3, 0.4) is 0 Å². The van der Waals surface area contributed by atoms with E-state index in [1.54, 1.807) is 0 Å². The molecule has 0 saturated carbocycles. The van der Waals surface area contributed by atoms with Gasteiger partial charge in [-0.2, -0.15) is 0 Å². The van der Waals surface area contributed by atoms with Crippen LogP contribution >= 0.6 is 0 Å². The molecule has 4 heteroatoms. The van der Waals surface area contributed by atoms with E-state index in [2.05, 4.69) is 31.5 Å². The molecule has 0 unspecified atom stereocenters. The molecule has 0 amide bonds. The van der Waals surface area contributed by atoms with Gasteiger partial charge in [-0.3, -0.25) is 0 Å². The fourth-order valence-electron chi connectivity index (χ4n) is 0. The summed E-state index contributed by atoms with van der Waals surface area (Å²) in [6.07, 6.45) is 0. The molecule has 0 heterocycles. The van der Waals surface area contributed by atoms with E-state index in [-0.39, 0.29) is 0 Å². The molecule has 0 aliphatic carbocycles. The minimum absolute atomic E-state index is 0.979. The quantitative estimate of drug-likeness (QED) is 0.421. The molecule has 0 N–H and O–H groups in total. The molecule has 0 aromatic heterocycles. The van der Waals surface area contributed by atoms with Crippen molar-refractivity contribution in [1.82, 2.24) is 0 Å². The minimum atomic E-state index is 0.979. The summed E-state index contributed by atoms with van der Waals surface area (Å²) >= 11 is 4.54. The van der Waals surface area contributed by atoms with Crippen molar-refractivity contribution >= 4 is 53.4 Å². The second kappa shape index (κ2) is 5.23. The van der Waals surface area contributed by atoms with Crippen LogP contribution in [0.4, 0.5) is 0 Å². The van der Waals surface area contributed by atoms with E-state index in [0.29, 0.717) is 0 Å². The zero-order chi connectivity index (χ0) is 3.41. The third kappa shape index (κ3) is 4.23. The van der Waals surface area contributed by atoms with E-state index in [1.165, 1.54) is 0 Å². The molecule has 0 aromatic carbocycles. The first-order valence-electron chi connectivity index (χ1n) is 0.983. The molecule has 0 aliphatic heterocycles. The maximum absolute atomic E-state index is 2.27. The number of hydrogen-bond donors (Lipinski definition) is 0. The van der Waals surface area contributed by atoms with Crippen molar-refractivity contribution in [3.8, 4) is 0 Å². The van der Waals surface area contributed by atoms with Gasteiger partial charge in [0.05, 0.1) is 0 Å². The average molecular weight is 172 g/mol. The van der Waals surface area contributed by atoms with Crippen molar-refractivity contribution in [1.29, 1.82) is 0 Å². The summed E-state index contributed by atoms with van der Waals surface area (Å²) in [5.74, 6) is 0. The summed E-state index contributed by atoms with van der Waals surface area (Å²) in [6, 6.07) is 0. The Bertz CT molecular complexity index is 6.00. The van der Waals surface area contributed by atoms with E-state index >= 15 is 0 Å². The Morgan fingerprint density at radius 3 is 1.25 bits per heavy atom. The fourth-order valence-corrected chi connectivity index (χ4v) is 0. The van der Waals surface area contributed by atoms with Gasteiger partial charge in [0.25, 0.3) is 0 Å². The van der Waals surface area contributed by atoms with Crippen LogP contribution in [0.15, 0.2) is 0 Å². The Morgan fingerprint density at radius 1 is 1.00 bits per heavy atom. The maximum atomic E-state index is 2.27. The van der Waals surface area contributed by atoms with Gasteiger partial charge in [0.1, 0.15) is 0 Å². The molecule has 0 spiro atoms. The zero-order valence-corrected chi connectivity index (χ0v) is 6.24. The summed E-state index contributed by atoms with van der Waals surface area (Å²) in [5, 5.41) is 0. The molecule has 0 saturated heterocycles. The molecule has 0 atom stereocenters. The van der Waals surface area contributed by atoms with E-state index in [9.17, 15) is 0 Å². The van der Waals surface area contributed by atoms with Crippen molar-refractivity contribution in [2.75, 3.05) is 0 Å². The Morgan fingerprint density at radius 2 is 1.25 bits per heavy atom. The predicted molar refractivity (Wildman–Crippen MR) is 23.0 cm³/mol. The third-order valence-electron chi connectivity index (χ3n) is 0.167. The first-order chi connectivity index (χ1) is 1.91. The summed E-state index contributed by atoms with van der Waals surface area (Å²) in [7, 11) is 1.96. The van der Waals surface area contributed by atoms with Gasteiger partial charge in [0.2, 0.25) is 0 Å². The summed E-state index contributed by atoms with van der Waals surface area (Å²) in [5.41, 5.74) is 0. The van der Waals surface area contributed by atoms with Crippen LogP contribution in [0.25, 0.3) is 0 Å². The molecule has 0 radical (unpaired) electrons. The van der Waals surface area contributed by atoms with E-state index < -0.39 is 0 Å². The van der Waals surface area contributed by atoms with E-state index in [1.807, 2.05) is 0 Å². The van der Waals surface area contributed by atoms with Crippen molar-refractivity contribution < 1.29 is 0 Å². The van der Waals surface area contributed by atoms with Gasteiger partial charge >= 0.3 is 53.4 Å². The normalized spacial score (nSPS) is 8.00. The molecule has 0 nitrogen and oxygen atoms in total. The monoisotopic (exact) mass is 174 g/mol. The Balaban J connectivity index is 1.97. The summed E-state index contributed by atoms with van der Waals surface area (Å²) in [4.78, 5) is 0. The predicted octanol–water partition coefficient (Wildman–Crippen LogP) is -1.52. The Labute approximate surface area is 52.7 Å². The van der Waals surface area contributed by atoms with Crippen molar-refractivity contribution in [3.63, 3.8) is 0 Å². The first kappa shape index (κ1) is 6.23. The van der Waals surface area contributed by atoms with Crippen LogP contribution in [0.5, 0.6) is 0 Å². The van der Waals surface area contributed by atoms with Gasteiger partial charge in [0, 0.05) is 0 Å². The van der Waals surface area contributed by atoms with Crippen LogP contribution in [-0.2, 0) is 0 Å². The summed E-state index contributed by atoms with van der Waals surface area (Å²) in [6.45, 7) is 0. The van der Waals surface area contributed by atoms with Crippen molar-refractivity contribution in [2.24, 2.45) is 0 Å². The number of rotatable bonds is 1. The molecule has 0 fully saturated rings. The van der Waals surface area contributed by atoms with E-state index in [4.69, 9.17) is 0 Å². The van der Waals surface area contributed by atoms with Gasteiger partial charge in [0.15, 0.2) is 0 Å². The van der Waals surface area contributed by atoms with E-state index in [0.717, 1.165) is 21.9 Å². The van der Waals surface area contributed by atoms with Crippen LogP contribution < -0.4 is 0 Å². The third-order valence-corrected chi connectivity index (χ3v) is 4.50. The second-order valence-electron chi connectivity index (χ2n) is 0.333. The standard InChI is InChI=1S/2Li.Se2/c;;1-2/q2*+1;-2. The Kier molecular flexibility index (Phi) is 8.16. The topological polar surface area (TPSA) is 0 Å². The molecular formula is Li2Se2. The zero-order valence-electron chi connectivity index (χ0n) is 2.82. The second-order valence-corrected chi connectivity index (χ2v) is 9.00. The van der Waals surface area contributed by atoms with Crippen molar-refractivity contribution in [2.45, 2.75) is 0 Å². The molecule has 14 valence electrons. The van der Waals surface area contributed by atoms with Crippen LogP contribution in [0, 0.1) is 0 Å². The summed E-state index contributed by atoms with van der Waals surface area (Å²) < 4.78 is 0. The SMILES string of the molecule is [Li][Se][Se][Li]. The van der Waals surface area contributed by atoms with Crippen LogP contribution in [-0.4, -0.2) is 53.4 Å². The first-order valence-corrected chi connectivity index (χ1v) is 8.74.